The van der Waals surface area contributed by atoms with E-state index in [1.807, 2.05) is 25.1 Å². The number of halogens is 1. The molecule has 1 aliphatic heterocycles. The Hall–Kier alpha value is -2.20. The fraction of sp³-hybridized carbons (Fsp3) is 0.333. The molecule has 10 heteroatoms. The number of carbonyl (C=O) groups excluding carboxylic acids is 1. The van der Waals surface area contributed by atoms with Crippen LogP contribution in [0, 0.1) is 0 Å². The number of aromatic nitrogens is 1. The number of nitrogens with one attached hydrogen (secondary N) is 1. The van der Waals surface area contributed by atoms with Gasteiger partial charge in [-0.05, 0) is 56.2 Å². The lowest BCUT2D eigenvalue weighted by atomic mass is 10.2. The van der Waals surface area contributed by atoms with Crippen molar-refractivity contribution in [2.24, 2.45) is 0 Å². The van der Waals surface area contributed by atoms with Crippen LogP contribution in [0.25, 0.3) is 10.2 Å². The molecule has 0 radical (unpaired) electrons. The van der Waals surface area contributed by atoms with E-state index >= 15 is 0 Å². The number of carbonyl (C=O) groups is 1. The van der Waals surface area contributed by atoms with Gasteiger partial charge in [0.2, 0.25) is 10.0 Å². The number of hydrogen-bond acceptors (Lipinski definition) is 6. The van der Waals surface area contributed by atoms with E-state index in [4.69, 9.17) is 16.3 Å². The van der Waals surface area contributed by atoms with Crippen LogP contribution in [-0.4, -0.2) is 43.3 Å². The maximum Gasteiger partial charge on any atom is 0.257 e. The fourth-order valence-electron chi connectivity index (χ4n) is 3.47. The molecule has 1 saturated heterocycles. The molecule has 7 nitrogen and oxygen atoms in total. The molecule has 0 atom stereocenters. The van der Waals surface area contributed by atoms with Crippen LogP contribution in [0.4, 0.5) is 5.13 Å². The van der Waals surface area contributed by atoms with E-state index in [2.05, 4.69) is 10.3 Å². The minimum atomic E-state index is -3.76. The molecule has 1 amide bonds. The first-order valence-corrected chi connectivity index (χ1v) is 12.7. The molecule has 2 aromatic carbocycles. The average molecular weight is 480 g/mol. The van der Waals surface area contributed by atoms with E-state index < -0.39 is 15.9 Å². The highest BCUT2D eigenvalue weighted by atomic mass is 35.5. The highest BCUT2D eigenvalue weighted by Gasteiger charge is 2.29. The molecule has 1 N–H and O–H groups in total. The summed E-state index contributed by atoms with van der Waals surface area (Å²) in [6, 6.07) is 9.82. The SMILES string of the molecule is CCOc1ccc2nc(NC(=O)c3ccc(Cl)c(S(=O)(=O)N4CCCCC4)c3)sc2c1. The third-order valence-corrected chi connectivity index (χ3v) is 8.33. The average Bonchev–Trinajstić information content (AvgIpc) is 3.16. The lowest BCUT2D eigenvalue weighted by Crippen LogP contribution is -2.35. The lowest BCUT2D eigenvalue weighted by Gasteiger charge is -2.26. The first kappa shape index (κ1) is 22.0. The number of anilines is 1. The zero-order valence-corrected chi connectivity index (χ0v) is 19.3. The molecule has 2 heterocycles. The Bertz CT molecular complexity index is 1220. The normalized spacial score (nSPS) is 15.2. The van der Waals surface area contributed by atoms with Crippen molar-refractivity contribution >= 4 is 54.2 Å². The second kappa shape index (κ2) is 9.12. The number of ether oxygens (including phenoxy) is 1. The molecule has 31 heavy (non-hydrogen) atoms. The Kier molecular flexibility index (Phi) is 6.47. The summed E-state index contributed by atoms with van der Waals surface area (Å²) in [6.07, 6.45) is 2.65. The molecule has 0 spiro atoms. The van der Waals surface area contributed by atoms with Gasteiger partial charge in [-0.25, -0.2) is 13.4 Å². The molecule has 1 aromatic heterocycles. The second-order valence-electron chi connectivity index (χ2n) is 7.15. The number of rotatable bonds is 6. The van der Waals surface area contributed by atoms with E-state index in [0.29, 0.717) is 24.8 Å². The molecule has 1 fully saturated rings. The molecule has 4 rings (SSSR count). The van der Waals surface area contributed by atoms with Crippen molar-refractivity contribution in [1.29, 1.82) is 0 Å². The van der Waals surface area contributed by atoms with Gasteiger partial charge in [-0.2, -0.15) is 4.31 Å². The maximum atomic E-state index is 13.0. The van der Waals surface area contributed by atoms with Crippen LogP contribution in [0.15, 0.2) is 41.3 Å². The monoisotopic (exact) mass is 479 g/mol. The van der Waals surface area contributed by atoms with E-state index in [1.54, 1.807) is 0 Å². The smallest absolute Gasteiger partial charge is 0.257 e. The van der Waals surface area contributed by atoms with Gasteiger partial charge in [-0.15, -0.1) is 0 Å². The van der Waals surface area contributed by atoms with Crippen molar-refractivity contribution in [1.82, 2.24) is 9.29 Å². The van der Waals surface area contributed by atoms with E-state index in [-0.39, 0.29) is 15.5 Å². The summed E-state index contributed by atoms with van der Waals surface area (Å²) >= 11 is 7.52. The van der Waals surface area contributed by atoms with Crippen molar-refractivity contribution in [3.05, 3.63) is 47.0 Å². The predicted molar refractivity (Wildman–Crippen MR) is 123 cm³/mol. The third kappa shape index (κ3) is 4.69. The zero-order chi connectivity index (χ0) is 22.0. The highest BCUT2D eigenvalue weighted by molar-refractivity contribution is 7.89. The van der Waals surface area contributed by atoms with Gasteiger partial charge in [0, 0.05) is 18.7 Å². The first-order valence-electron chi connectivity index (χ1n) is 10.0. The Morgan fingerprint density at radius 1 is 1.19 bits per heavy atom. The third-order valence-electron chi connectivity index (χ3n) is 5.02. The van der Waals surface area contributed by atoms with E-state index in [1.165, 1.54) is 33.8 Å². The number of benzene rings is 2. The van der Waals surface area contributed by atoms with Crippen LogP contribution >= 0.6 is 22.9 Å². The van der Waals surface area contributed by atoms with Gasteiger partial charge in [0.1, 0.15) is 10.6 Å². The number of fused-ring (bicyclic) bond motifs is 1. The number of hydrogen-bond donors (Lipinski definition) is 1. The number of nitrogens with zero attached hydrogens (tertiary/aromatic N) is 2. The van der Waals surface area contributed by atoms with Crippen LogP contribution in [0.2, 0.25) is 5.02 Å². The molecule has 0 saturated carbocycles. The van der Waals surface area contributed by atoms with Gasteiger partial charge in [0.15, 0.2) is 5.13 Å². The van der Waals surface area contributed by atoms with Gasteiger partial charge < -0.3 is 4.74 Å². The fourth-order valence-corrected chi connectivity index (χ4v) is 6.38. The van der Waals surface area contributed by atoms with Gasteiger partial charge in [-0.1, -0.05) is 29.4 Å². The highest BCUT2D eigenvalue weighted by Crippen LogP contribution is 2.31. The van der Waals surface area contributed by atoms with Gasteiger partial charge in [0.25, 0.3) is 5.91 Å². The largest absolute Gasteiger partial charge is 0.494 e. The van der Waals surface area contributed by atoms with Crippen LogP contribution in [0.3, 0.4) is 0 Å². The first-order chi connectivity index (χ1) is 14.9. The van der Waals surface area contributed by atoms with Crippen LogP contribution < -0.4 is 10.1 Å². The van der Waals surface area contributed by atoms with Crippen molar-refractivity contribution in [2.45, 2.75) is 31.1 Å². The maximum absolute atomic E-state index is 13.0. The number of thiazole rings is 1. The Balaban J connectivity index is 1.58. The summed E-state index contributed by atoms with van der Waals surface area (Å²) in [5.74, 6) is 0.289. The minimum absolute atomic E-state index is 0.0469. The number of amides is 1. The van der Waals surface area contributed by atoms with Crippen molar-refractivity contribution in [2.75, 3.05) is 25.0 Å². The van der Waals surface area contributed by atoms with E-state index in [0.717, 1.165) is 35.2 Å². The summed E-state index contributed by atoms with van der Waals surface area (Å²) in [5, 5.41) is 3.28. The van der Waals surface area contributed by atoms with Crippen LogP contribution in [0.1, 0.15) is 36.5 Å². The molecule has 3 aromatic rings. The minimum Gasteiger partial charge on any atom is -0.494 e. The predicted octanol–water partition coefficient (Wildman–Crippen LogP) is 4.78. The molecule has 0 unspecified atom stereocenters. The Labute approximate surface area is 190 Å². The lowest BCUT2D eigenvalue weighted by molar-refractivity contribution is 0.102. The number of sulfonamides is 1. The quantitative estimate of drug-likeness (QED) is 0.549. The summed E-state index contributed by atoms with van der Waals surface area (Å²) in [6.45, 7) is 3.40. The van der Waals surface area contributed by atoms with Crippen LogP contribution in [-0.2, 0) is 10.0 Å². The topological polar surface area (TPSA) is 88.6 Å². The van der Waals surface area contributed by atoms with Gasteiger partial charge >= 0.3 is 0 Å². The van der Waals surface area contributed by atoms with Gasteiger partial charge in [-0.3, -0.25) is 10.1 Å². The molecular weight excluding hydrogens is 458 g/mol. The number of piperidine rings is 1. The molecule has 1 aliphatic rings. The summed E-state index contributed by atoms with van der Waals surface area (Å²) in [4.78, 5) is 17.2. The van der Waals surface area contributed by atoms with Crippen molar-refractivity contribution in [3.8, 4) is 5.75 Å². The zero-order valence-electron chi connectivity index (χ0n) is 16.9. The Morgan fingerprint density at radius 2 is 1.97 bits per heavy atom. The summed E-state index contributed by atoms with van der Waals surface area (Å²) in [5.41, 5.74) is 0.947. The molecule has 164 valence electrons. The standard InChI is InChI=1S/C21H22ClN3O4S2/c1-2-29-15-7-9-17-18(13-15)30-21(23-17)24-20(26)14-6-8-16(22)19(12-14)31(27,28)25-10-4-3-5-11-25/h6-9,12-13H,2-5,10-11H2,1H3,(H,23,24,26). The van der Waals surface area contributed by atoms with Crippen molar-refractivity contribution < 1.29 is 17.9 Å². The van der Waals surface area contributed by atoms with Crippen molar-refractivity contribution in [3.63, 3.8) is 0 Å². The summed E-state index contributed by atoms with van der Waals surface area (Å²) in [7, 11) is -3.76. The van der Waals surface area contributed by atoms with E-state index in [9.17, 15) is 13.2 Å². The second-order valence-corrected chi connectivity index (χ2v) is 10.5. The molecule has 0 bridgehead atoms. The van der Waals surface area contributed by atoms with Gasteiger partial charge in [0.05, 0.1) is 21.8 Å². The molecular formula is C21H22ClN3O4S2. The Morgan fingerprint density at radius 3 is 2.71 bits per heavy atom. The summed E-state index contributed by atoms with van der Waals surface area (Å²) < 4.78 is 33.9. The molecule has 0 aliphatic carbocycles. The van der Waals surface area contributed by atoms with Crippen LogP contribution in [0.5, 0.6) is 5.75 Å².